The van der Waals surface area contributed by atoms with Crippen molar-refractivity contribution < 1.29 is 14.6 Å². The fourth-order valence-electron chi connectivity index (χ4n) is 2.46. The van der Waals surface area contributed by atoms with Gasteiger partial charge in [-0.25, -0.2) is 0 Å². The lowest BCUT2D eigenvalue weighted by atomic mass is 9.92. The van der Waals surface area contributed by atoms with Crippen molar-refractivity contribution >= 4 is 12.1 Å². The summed E-state index contributed by atoms with van der Waals surface area (Å²) in [5.74, 6) is 1.02. The normalized spacial score (nSPS) is 16.5. The van der Waals surface area contributed by atoms with Crippen LogP contribution >= 0.6 is 0 Å². The second kappa shape index (κ2) is 4.65. The molecule has 1 unspecified atom stereocenters. The van der Waals surface area contributed by atoms with Gasteiger partial charge in [0, 0.05) is 17.2 Å². The van der Waals surface area contributed by atoms with Crippen molar-refractivity contribution in [2.24, 2.45) is 0 Å². The standard InChI is InChI=1S/C15H13NO3/c17-9-16-14-4-2-1-3-11(14)13-8-19-15-6-5-10(18)7-12(13)15/h1-7,9,13,18H,8H2,(H,16,17). The lowest BCUT2D eigenvalue weighted by Crippen LogP contribution is -2.07. The SMILES string of the molecule is O=CNc1ccccc1C1COc2ccc(O)cc21. The number of hydrogen-bond acceptors (Lipinski definition) is 3. The molecule has 3 rings (SSSR count). The molecule has 0 aliphatic carbocycles. The molecule has 4 heteroatoms. The molecule has 0 bridgehead atoms. The molecule has 1 heterocycles. The minimum atomic E-state index is 0.0192. The smallest absolute Gasteiger partial charge is 0.211 e. The van der Waals surface area contributed by atoms with Crippen LogP contribution in [0.15, 0.2) is 42.5 Å². The second-order valence-corrected chi connectivity index (χ2v) is 4.44. The molecule has 2 aromatic carbocycles. The molecule has 1 amide bonds. The maximum atomic E-state index is 10.7. The summed E-state index contributed by atoms with van der Waals surface area (Å²) in [6, 6.07) is 12.7. The zero-order valence-electron chi connectivity index (χ0n) is 10.2. The molecular formula is C15H13NO3. The van der Waals surface area contributed by atoms with Gasteiger partial charge in [0.15, 0.2) is 0 Å². The maximum absolute atomic E-state index is 10.7. The predicted octanol–water partition coefficient (Wildman–Crippen LogP) is 2.48. The van der Waals surface area contributed by atoms with E-state index in [-0.39, 0.29) is 11.7 Å². The van der Waals surface area contributed by atoms with Gasteiger partial charge in [-0.1, -0.05) is 18.2 Å². The van der Waals surface area contributed by atoms with E-state index in [1.54, 1.807) is 18.2 Å². The number of fused-ring (bicyclic) bond motifs is 1. The summed E-state index contributed by atoms with van der Waals surface area (Å²) in [6.45, 7) is 0.510. The number of benzene rings is 2. The number of phenolic OH excluding ortho intramolecular Hbond substituents is 1. The summed E-state index contributed by atoms with van der Waals surface area (Å²) in [4.78, 5) is 10.7. The van der Waals surface area contributed by atoms with E-state index < -0.39 is 0 Å². The third-order valence-electron chi connectivity index (χ3n) is 3.32. The number of ether oxygens (including phenoxy) is 1. The van der Waals surface area contributed by atoms with E-state index >= 15 is 0 Å². The molecule has 0 aromatic heterocycles. The van der Waals surface area contributed by atoms with Gasteiger partial charge in [0.05, 0.1) is 6.61 Å². The molecule has 0 saturated heterocycles. The quantitative estimate of drug-likeness (QED) is 0.828. The Morgan fingerprint density at radius 1 is 1.21 bits per heavy atom. The van der Waals surface area contributed by atoms with Gasteiger partial charge in [0.25, 0.3) is 0 Å². The van der Waals surface area contributed by atoms with Crippen LogP contribution in [-0.4, -0.2) is 18.1 Å². The molecule has 0 radical (unpaired) electrons. The number of phenols is 1. The van der Waals surface area contributed by atoms with Crippen molar-refractivity contribution in [2.75, 3.05) is 11.9 Å². The van der Waals surface area contributed by atoms with E-state index in [4.69, 9.17) is 4.74 Å². The summed E-state index contributed by atoms with van der Waals surface area (Å²) < 4.78 is 5.63. The van der Waals surface area contributed by atoms with Crippen LogP contribution in [0.4, 0.5) is 5.69 Å². The van der Waals surface area contributed by atoms with Crippen molar-refractivity contribution in [3.8, 4) is 11.5 Å². The van der Waals surface area contributed by atoms with E-state index in [9.17, 15) is 9.90 Å². The summed E-state index contributed by atoms with van der Waals surface area (Å²) in [7, 11) is 0. The summed E-state index contributed by atoms with van der Waals surface area (Å²) in [6.07, 6.45) is 0.665. The Hall–Kier alpha value is -2.49. The molecule has 0 fully saturated rings. The number of carbonyl (C=O) groups excluding carboxylic acids is 1. The highest BCUT2D eigenvalue weighted by atomic mass is 16.5. The van der Waals surface area contributed by atoms with Crippen molar-refractivity contribution in [1.29, 1.82) is 0 Å². The van der Waals surface area contributed by atoms with Crippen LogP contribution in [0, 0.1) is 0 Å². The van der Waals surface area contributed by atoms with E-state index in [0.717, 1.165) is 22.6 Å². The lowest BCUT2D eigenvalue weighted by Gasteiger charge is -2.14. The van der Waals surface area contributed by atoms with Crippen LogP contribution in [-0.2, 0) is 4.79 Å². The topological polar surface area (TPSA) is 58.6 Å². The van der Waals surface area contributed by atoms with Crippen LogP contribution < -0.4 is 10.1 Å². The van der Waals surface area contributed by atoms with Gasteiger partial charge in [0.1, 0.15) is 11.5 Å². The molecule has 1 aliphatic rings. The molecule has 4 nitrogen and oxygen atoms in total. The first-order valence-electron chi connectivity index (χ1n) is 6.04. The highest BCUT2D eigenvalue weighted by Crippen LogP contribution is 2.41. The number of anilines is 1. The van der Waals surface area contributed by atoms with Crippen molar-refractivity contribution in [2.45, 2.75) is 5.92 Å². The minimum Gasteiger partial charge on any atom is -0.508 e. The third-order valence-corrected chi connectivity index (χ3v) is 3.32. The number of amides is 1. The molecule has 1 atom stereocenters. The average Bonchev–Trinajstić information content (AvgIpc) is 2.82. The monoisotopic (exact) mass is 255 g/mol. The highest BCUT2D eigenvalue weighted by molar-refractivity contribution is 5.74. The number of aromatic hydroxyl groups is 1. The van der Waals surface area contributed by atoms with Crippen molar-refractivity contribution in [1.82, 2.24) is 0 Å². The van der Waals surface area contributed by atoms with E-state index in [1.165, 1.54) is 0 Å². The first-order valence-corrected chi connectivity index (χ1v) is 6.04. The molecule has 2 N–H and O–H groups in total. The van der Waals surface area contributed by atoms with Gasteiger partial charge in [-0.2, -0.15) is 0 Å². The molecule has 0 spiro atoms. The zero-order chi connectivity index (χ0) is 13.2. The Balaban J connectivity index is 2.06. The van der Waals surface area contributed by atoms with Crippen molar-refractivity contribution in [3.63, 3.8) is 0 Å². The summed E-state index contributed by atoms with van der Waals surface area (Å²) in [5, 5.41) is 12.3. The molecule has 19 heavy (non-hydrogen) atoms. The van der Waals surface area contributed by atoms with Crippen molar-refractivity contribution in [3.05, 3.63) is 53.6 Å². The zero-order valence-corrected chi connectivity index (χ0v) is 10.2. The highest BCUT2D eigenvalue weighted by Gasteiger charge is 2.27. The molecule has 96 valence electrons. The van der Waals surface area contributed by atoms with E-state index in [1.807, 2.05) is 24.3 Å². The van der Waals surface area contributed by atoms with Gasteiger partial charge < -0.3 is 15.2 Å². The van der Waals surface area contributed by atoms with Gasteiger partial charge in [-0.3, -0.25) is 4.79 Å². The van der Waals surface area contributed by atoms with E-state index in [2.05, 4.69) is 5.32 Å². The first kappa shape index (κ1) is 11.6. The predicted molar refractivity (Wildman–Crippen MR) is 71.6 cm³/mol. The summed E-state index contributed by atoms with van der Waals surface area (Å²) >= 11 is 0. The van der Waals surface area contributed by atoms with Crippen LogP contribution in [0.3, 0.4) is 0 Å². The largest absolute Gasteiger partial charge is 0.508 e. The lowest BCUT2D eigenvalue weighted by molar-refractivity contribution is -0.105. The Morgan fingerprint density at radius 3 is 2.89 bits per heavy atom. The van der Waals surface area contributed by atoms with Crippen LogP contribution in [0.25, 0.3) is 0 Å². The Bertz CT molecular complexity index is 625. The Morgan fingerprint density at radius 2 is 2.05 bits per heavy atom. The number of rotatable bonds is 3. The average molecular weight is 255 g/mol. The van der Waals surface area contributed by atoms with Gasteiger partial charge >= 0.3 is 0 Å². The Labute approximate surface area is 110 Å². The fourth-order valence-corrected chi connectivity index (χ4v) is 2.46. The number of para-hydroxylation sites is 1. The molecular weight excluding hydrogens is 242 g/mol. The minimum absolute atomic E-state index is 0.0192. The van der Waals surface area contributed by atoms with Crippen LogP contribution in [0.1, 0.15) is 17.0 Å². The van der Waals surface area contributed by atoms with Crippen LogP contribution in [0.2, 0.25) is 0 Å². The van der Waals surface area contributed by atoms with Gasteiger partial charge in [-0.05, 0) is 29.8 Å². The van der Waals surface area contributed by atoms with Gasteiger partial charge in [-0.15, -0.1) is 0 Å². The number of hydrogen-bond donors (Lipinski definition) is 2. The second-order valence-electron chi connectivity index (χ2n) is 4.44. The fraction of sp³-hybridized carbons (Fsp3) is 0.133. The van der Waals surface area contributed by atoms with Gasteiger partial charge in [0.2, 0.25) is 6.41 Å². The Kier molecular flexibility index (Phi) is 2.83. The van der Waals surface area contributed by atoms with Crippen LogP contribution in [0.5, 0.6) is 11.5 Å². The maximum Gasteiger partial charge on any atom is 0.211 e. The third kappa shape index (κ3) is 2.01. The first-order chi connectivity index (χ1) is 9.29. The molecule has 1 aliphatic heterocycles. The summed E-state index contributed by atoms with van der Waals surface area (Å²) in [5.41, 5.74) is 2.70. The number of carbonyl (C=O) groups is 1. The number of nitrogens with one attached hydrogen (secondary N) is 1. The van der Waals surface area contributed by atoms with E-state index in [0.29, 0.717) is 13.0 Å². The molecule has 2 aromatic rings. The molecule has 0 saturated carbocycles.